The summed E-state index contributed by atoms with van der Waals surface area (Å²) in [5.41, 5.74) is 4.37. The molecule has 7 heteroatoms. The highest BCUT2D eigenvalue weighted by molar-refractivity contribution is 7.73. The minimum absolute atomic E-state index is 0.0482. The van der Waals surface area contributed by atoms with Gasteiger partial charge in [0.1, 0.15) is 0 Å². The normalized spacial score (nSPS) is 10.9. The Kier molecular flexibility index (Phi) is 6.03. The molecule has 0 atom stereocenters. The van der Waals surface area contributed by atoms with Crippen molar-refractivity contribution in [1.29, 1.82) is 0 Å². The zero-order valence-corrected chi connectivity index (χ0v) is 16.5. The number of hydrogen-bond acceptors (Lipinski definition) is 5. The van der Waals surface area contributed by atoms with Crippen LogP contribution in [0.25, 0.3) is 11.1 Å². The first-order valence-corrected chi connectivity index (χ1v) is 9.81. The predicted octanol–water partition coefficient (Wildman–Crippen LogP) is 4.81. The lowest BCUT2D eigenvalue weighted by Crippen LogP contribution is -2.02. The molecule has 1 aromatic carbocycles. The number of carboxylic acid groups (broad SMARTS) is 1. The second-order valence-corrected chi connectivity index (χ2v) is 8.07. The number of hydrogen-bond donors (Lipinski definition) is 2. The maximum absolute atomic E-state index is 10.7. The third kappa shape index (κ3) is 4.61. The standard InChI is InChI=1S/C20H20N2O3S2/c1-13-4-6-14(7-5-13)16-8-9-21-12-15(16)11-17-19(25)22(20(26)27-17)10-2-3-18(23)24/h4-9,12,25H,2-3,10-11H2,1H3,(H,23,24). The number of benzene rings is 1. The van der Waals surface area contributed by atoms with Gasteiger partial charge in [0.15, 0.2) is 3.95 Å². The quantitative estimate of drug-likeness (QED) is 0.557. The molecule has 0 bridgehead atoms. The van der Waals surface area contributed by atoms with E-state index < -0.39 is 5.97 Å². The molecule has 0 aliphatic heterocycles. The van der Waals surface area contributed by atoms with Crippen LogP contribution in [0, 0.1) is 10.9 Å². The van der Waals surface area contributed by atoms with Crippen LogP contribution >= 0.6 is 23.6 Å². The Morgan fingerprint density at radius 1 is 1.26 bits per heavy atom. The molecule has 3 rings (SSSR count). The maximum atomic E-state index is 10.7. The monoisotopic (exact) mass is 400 g/mol. The van der Waals surface area contributed by atoms with Crippen LogP contribution < -0.4 is 0 Å². The van der Waals surface area contributed by atoms with Crippen LogP contribution in [0.5, 0.6) is 5.88 Å². The molecule has 5 nitrogen and oxygen atoms in total. The Hall–Kier alpha value is -2.51. The van der Waals surface area contributed by atoms with Gasteiger partial charge in [-0.2, -0.15) is 0 Å². The highest BCUT2D eigenvalue weighted by Crippen LogP contribution is 2.32. The summed E-state index contributed by atoms with van der Waals surface area (Å²) in [6, 6.07) is 10.3. The van der Waals surface area contributed by atoms with E-state index in [1.165, 1.54) is 16.9 Å². The van der Waals surface area contributed by atoms with Gasteiger partial charge in [0.2, 0.25) is 5.88 Å². The van der Waals surface area contributed by atoms with Gasteiger partial charge in [0, 0.05) is 31.8 Å². The zero-order valence-electron chi connectivity index (χ0n) is 14.9. The van der Waals surface area contributed by atoms with Crippen LogP contribution in [0.3, 0.4) is 0 Å². The minimum atomic E-state index is -0.852. The second kappa shape index (κ2) is 8.45. The van der Waals surface area contributed by atoms with Gasteiger partial charge in [-0.1, -0.05) is 29.8 Å². The van der Waals surface area contributed by atoms with Gasteiger partial charge < -0.3 is 10.2 Å². The van der Waals surface area contributed by atoms with Gasteiger partial charge in [-0.25, -0.2) is 0 Å². The summed E-state index contributed by atoms with van der Waals surface area (Å²) < 4.78 is 2.16. The van der Waals surface area contributed by atoms with Gasteiger partial charge in [-0.05, 0) is 48.3 Å². The van der Waals surface area contributed by atoms with Crippen LogP contribution in [0.4, 0.5) is 0 Å². The third-order valence-electron chi connectivity index (χ3n) is 4.33. The fraction of sp³-hybridized carbons (Fsp3) is 0.250. The van der Waals surface area contributed by atoms with Crippen molar-refractivity contribution in [1.82, 2.24) is 9.55 Å². The van der Waals surface area contributed by atoms with E-state index in [-0.39, 0.29) is 12.3 Å². The number of thiazole rings is 1. The first-order chi connectivity index (χ1) is 13.0. The Morgan fingerprint density at radius 2 is 2.00 bits per heavy atom. The lowest BCUT2D eigenvalue weighted by Gasteiger charge is -2.09. The van der Waals surface area contributed by atoms with Crippen LogP contribution in [0.15, 0.2) is 42.7 Å². The number of aromatic nitrogens is 2. The topological polar surface area (TPSA) is 75.4 Å². The largest absolute Gasteiger partial charge is 0.494 e. The van der Waals surface area contributed by atoms with Crippen molar-refractivity contribution in [2.24, 2.45) is 0 Å². The van der Waals surface area contributed by atoms with Gasteiger partial charge in [0.25, 0.3) is 0 Å². The number of nitrogens with zero attached hydrogens (tertiary/aromatic N) is 2. The summed E-state index contributed by atoms with van der Waals surface area (Å²) in [6.45, 7) is 2.44. The first-order valence-electron chi connectivity index (χ1n) is 8.59. The molecule has 0 spiro atoms. The molecule has 2 aromatic heterocycles. The van der Waals surface area contributed by atoms with Crippen molar-refractivity contribution in [3.63, 3.8) is 0 Å². The van der Waals surface area contributed by atoms with Crippen molar-refractivity contribution >= 4 is 29.5 Å². The average Bonchev–Trinajstić information content (AvgIpc) is 2.90. The molecule has 0 aliphatic carbocycles. The SMILES string of the molecule is Cc1ccc(-c2ccncc2Cc2sc(=S)n(CCCC(=O)O)c2O)cc1. The number of aryl methyl sites for hydroxylation is 1. The molecule has 2 heterocycles. The Bertz CT molecular complexity index is 1010. The Morgan fingerprint density at radius 3 is 2.70 bits per heavy atom. The molecule has 27 heavy (non-hydrogen) atoms. The molecule has 0 radical (unpaired) electrons. The van der Waals surface area contributed by atoms with Crippen LogP contribution in [-0.4, -0.2) is 25.7 Å². The average molecular weight is 401 g/mol. The van der Waals surface area contributed by atoms with Crippen molar-refractivity contribution < 1.29 is 15.0 Å². The maximum Gasteiger partial charge on any atom is 0.303 e. The summed E-state index contributed by atoms with van der Waals surface area (Å²) in [7, 11) is 0. The van der Waals surface area contributed by atoms with Crippen molar-refractivity contribution in [3.05, 3.63) is 62.7 Å². The molecule has 140 valence electrons. The van der Waals surface area contributed by atoms with Crippen LogP contribution in [0.2, 0.25) is 0 Å². The third-order valence-corrected chi connectivity index (χ3v) is 5.76. The molecule has 0 amide bonds. The van der Waals surface area contributed by atoms with E-state index in [1.807, 2.05) is 12.3 Å². The first kappa shape index (κ1) is 19.3. The van der Waals surface area contributed by atoms with Crippen LogP contribution in [0.1, 0.15) is 28.8 Å². The number of aromatic hydroxyl groups is 1. The molecular weight excluding hydrogens is 380 g/mol. The van der Waals surface area contributed by atoms with E-state index in [2.05, 4.69) is 36.2 Å². The molecule has 0 fully saturated rings. The fourth-order valence-electron chi connectivity index (χ4n) is 2.90. The van der Waals surface area contributed by atoms with E-state index in [0.717, 1.165) is 21.6 Å². The summed E-state index contributed by atoms with van der Waals surface area (Å²) >= 11 is 6.71. The molecule has 0 saturated carbocycles. The highest BCUT2D eigenvalue weighted by Gasteiger charge is 2.15. The number of carboxylic acids is 1. The predicted molar refractivity (Wildman–Crippen MR) is 109 cm³/mol. The van der Waals surface area contributed by atoms with Crippen molar-refractivity contribution in [2.75, 3.05) is 0 Å². The Balaban J connectivity index is 1.87. The number of pyridine rings is 1. The molecular formula is C20H20N2O3S2. The minimum Gasteiger partial charge on any atom is -0.494 e. The van der Waals surface area contributed by atoms with Gasteiger partial charge in [-0.15, -0.1) is 11.3 Å². The molecule has 2 N–H and O–H groups in total. The summed E-state index contributed by atoms with van der Waals surface area (Å²) in [5, 5.41) is 19.4. The van der Waals surface area contributed by atoms with Gasteiger partial charge in [-0.3, -0.25) is 14.3 Å². The number of carbonyl (C=O) groups is 1. The van der Waals surface area contributed by atoms with Crippen LogP contribution in [-0.2, 0) is 17.8 Å². The van der Waals surface area contributed by atoms with E-state index in [4.69, 9.17) is 17.3 Å². The summed E-state index contributed by atoms with van der Waals surface area (Å²) in [6.07, 6.45) is 4.56. The fourth-order valence-corrected chi connectivity index (χ4v) is 4.31. The van der Waals surface area contributed by atoms with E-state index in [9.17, 15) is 9.90 Å². The summed E-state index contributed by atoms with van der Waals surface area (Å²) in [4.78, 5) is 15.7. The zero-order chi connectivity index (χ0) is 19.4. The smallest absolute Gasteiger partial charge is 0.303 e. The van der Waals surface area contributed by atoms with Crippen molar-refractivity contribution in [2.45, 2.75) is 32.7 Å². The lowest BCUT2D eigenvalue weighted by atomic mass is 9.98. The van der Waals surface area contributed by atoms with E-state index >= 15 is 0 Å². The van der Waals surface area contributed by atoms with Gasteiger partial charge in [0.05, 0.1) is 4.88 Å². The molecule has 0 saturated heterocycles. The summed E-state index contributed by atoms with van der Waals surface area (Å²) in [5.74, 6) is -0.733. The molecule has 0 aliphatic rings. The van der Waals surface area contributed by atoms with E-state index in [1.54, 1.807) is 10.8 Å². The lowest BCUT2D eigenvalue weighted by molar-refractivity contribution is -0.137. The van der Waals surface area contributed by atoms with E-state index in [0.29, 0.717) is 23.3 Å². The van der Waals surface area contributed by atoms with Gasteiger partial charge >= 0.3 is 5.97 Å². The number of rotatable bonds is 7. The second-order valence-electron chi connectivity index (χ2n) is 6.34. The Labute approximate surface area is 166 Å². The van der Waals surface area contributed by atoms with Crippen molar-refractivity contribution in [3.8, 4) is 17.0 Å². The number of aliphatic carboxylic acids is 1. The molecule has 3 aromatic rings. The molecule has 0 unspecified atom stereocenters. The highest BCUT2D eigenvalue weighted by atomic mass is 32.1.